The average Bonchev–Trinajstić information content (AvgIpc) is 2.23. The van der Waals surface area contributed by atoms with Gasteiger partial charge in [-0.1, -0.05) is 76.2 Å². The second-order valence-electron chi connectivity index (χ2n) is 11.0. The molecule has 0 N–H and O–H groups in total. The molecule has 0 saturated heterocycles. The molecule has 3 unspecified atom stereocenters. The molecule has 0 amide bonds. The van der Waals surface area contributed by atoms with E-state index in [9.17, 15) is 0 Å². The van der Waals surface area contributed by atoms with Gasteiger partial charge in [0.1, 0.15) is 0 Å². The molecular formula is C22H47P. The molecule has 0 radical (unpaired) electrons. The standard InChI is InChI=1S/C22H47P/c1-16(2)13-20(6,7)19(22(10,11)15-23-12)21(8,9)14-18(5)17(3)4/h16-19,23H,13-15H2,1-12H3. The minimum atomic E-state index is 0.380. The molecule has 0 heterocycles. The Morgan fingerprint density at radius 2 is 1.13 bits per heavy atom. The molecule has 3 atom stereocenters. The van der Waals surface area contributed by atoms with Crippen molar-refractivity contribution in [2.45, 2.75) is 89.0 Å². The first-order valence-electron chi connectivity index (χ1n) is 9.82. The van der Waals surface area contributed by atoms with E-state index >= 15 is 0 Å². The van der Waals surface area contributed by atoms with Gasteiger partial charge in [0, 0.05) is 0 Å². The zero-order valence-corrected chi connectivity index (χ0v) is 19.4. The molecule has 0 aromatic rings. The van der Waals surface area contributed by atoms with Gasteiger partial charge in [-0.3, -0.25) is 0 Å². The van der Waals surface area contributed by atoms with E-state index in [-0.39, 0.29) is 0 Å². The molecule has 0 spiro atoms. The van der Waals surface area contributed by atoms with Crippen LogP contribution in [0, 0.1) is 39.9 Å². The fourth-order valence-corrected chi connectivity index (χ4v) is 7.20. The molecule has 0 bridgehead atoms. The Labute approximate surface area is 150 Å². The molecule has 0 fully saturated rings. The summed E-state index contributed by atoms with van der Waals surface area (Å²) in [5.41, 5.74) is 1.18. The molecule has 140 valence electrons. The first kappa shape index (κ1) is 23.4. The zero-order valence-electron chi connectivity index (χ0n) is 18.4. The lowest BCUT2D eigenvalue weighted by Gasteiger charge is -2.54. The minimum Gasteiger partial charge on any atom is -0.125 e. The largest absolute Gasteiger partial charge is 0.125 e. The van der Waals surface area contributed by atoms with Crippen LogP contribution >= 0.6 is 8.58 Å². The van der Waals surface area contributed by atoms with Gasteiger partial charge in [-0.25, -0.2) is 0 Å². The minimum absolute atomic E-state index is 0.380. The molecule has 0 aliphatic carbocycles. The van der Waals surface area contributed by atoms with Crippen LogP contribution < -0.4 is 0 Å². The van der Waals surface area contributed by atoms with E-state index in [4.69, 9.17) is 0 Å². The van der Waals surface area contributed by atoms with Crippen LogP contribution in [0.25, 0.3) is 0 Å². The van der Waals surface area contributed by atoms with E-state index in [1.165, 1.54) is 19.0 Å². The number of hydrogen-bond donors (Lipinski definition) is 0. The predicted octanol–water partition coefficient (Wildman–Crippen LogP) is 7.72. The summed E-state index contributed by atoms with van der Waals surface area (Å²) in [5.74, 6) is 3.09. The third-order valence-electron chi connectivity index (χ3n) is 5.90. The predicted molar refractivity (Wildman–Crippen MR) is 112 cm³/mol. The lowest BCUT2D eigenvalue weighted by molar-refractivity contribution is -0.0407. The van der Waals surface area contributed by atoms with Gasteiger partial charge in [-0.2, -0.15) is 0 Å². The van der Waals surface area contributed by atoms with E-state index in [2.05, 4.69) is 82.8 Å². The first-order valence-corrected chi connectivity index (χ1v) is 11.5. The van der Waals surface area contributed by atoms with Crippen LogP contribution in [0.3, 0.4) is 0 Å². The summed E-state index contributed by atoms with van der Waals surface area (Å²) < 4.78 is 0. The van der Waals surface area contributed by atoms with E-state index in [0.29, 0.717) is 16.2 Å². The monoisotopic (exact) mass is 342 g/mol. The maximum Gasteiger partial charge on any atom is -0.0256 e. The molecule has 0 aromatic carbocycles. The van der Waals surface area contributed by atoms with Gasteiger partial charge in [0.15, 0.2) is 0 Å². The van der Waals surface area contributed by atoms with Crippen LogP contribution in [-0.4, -0.2) is 12.8 Å². The fourth-order valence-electron chi connectivity index (χ4n) is 6.08. The average molecular weight is 343 g/mol. The van der Waals surface area contributed by atoms with Crippen LogP contribution in [-0.2, 0) is 0 Å². The van der Waals surface area contributed by atoms with Crippen molar-refractivity contribution < 1.29 is 0 Å². The van der Waals surface area contributed by atoms with Gasteiger partial charge < -0.3 is 0 Å². The Morgan fingerprint density at radius 3 is 1.48 bits per heavy atom. The molecule has 0 aliphatic heterocycles. The van der Waals surface area contributed by atoms with Crippen molar-refractivity contribution in [1.29, 1.82) is 0 Å². The SMILES string of the molecule is CPCC(C)(C)C(C(C)(C)CC(C)C)C(C)(C)CC(C)C(C)C. The highest BCUT2D eigenvalue weighted by Crippen LogP contribution is 2.56. The molecule has 0 aromatic heterocycles. The Balaban J connectivity index is 5.75. The van der Waals surface area contributed by atoms with Crippen molar-refractivity contribution >= 4 is 8.58 Å². The Kier molecular flexibility index (Phi) is 8.85. The molecule has 23 heavy (non-hydrogen) atoms. The quantitative estimate of drug-likeness (QED) is 0.356. The summed E-state index contributed by atoms with van der Waals surface area (Å²) in [4.78, 5) is 0. The van der Waals surface area contributed by atoms with Gasteiger partial charge in [0.05, 0.1) is 0 Å². The van der Waals surface area contributed by atoms with E-state index in [1.54, 1.807) is 0 Å². The fraction of sp³-hybridized carbons (Fsp3) is 1.00. The van der Waals surface area contributed by atoms with Gasteiger partial charge in [0.25, 0.3) is 0 Å². The van der Waals surface area contributed by atoms with Crippen molar-refractivity contribution in [3.05, 3.63) is 0 Å². The Bertz CT molecular complexity index is 336. The van der Waals surface area contributed by atoms with Crippen molar-refractivity contribution in [1.82, 2.24) is 0 Å². The summed E-state index contributed by atoms with van der Waals surface area (Å²) in [5, 5.41) is 0. The van der Waals surface area contributed by atoms with Gasteiger partial charge in [0.2, 0.25) is 0 Å². The van der Waals surface area contributed by atoms with Crippen LogP contribution in [0.5, 0.6) is 0 Å². The summed E-state index contributed by atoms with van der Waals surface area (Å²) in [6, 6.07) is 0. The molecule has 0 nitrogen and oxygen atoms in total. The zero-order chi connectivity index (χ0) is 18.6. The van der Waals surface area contributed by atoms with Gasteiger partial charge in [-0.15, -0.1) is 8.58 Å². The molecule has 0 aliphatic rings. The van der Waals surface area contributed by atoms with Crippen molar-refractivity contribution in [2.75, 3.05) is 12.8 Å². The van der Waals surface area contributed by atoms with Crippen LogP contribution in [0.1, 0.15) is 89.0 Å². The summed E-state index contributed by atoms with van der Waals surface area (Å²) in [7, 11) is 1.05. The van der Waals surface area contributed by atoms with Crippen molar-refractivity contribution in [2.24, 2.45) is 39.9 Å². The lowest BCUT2D eigenvalue weighted by atomic mass is 9.52. The van der Waals surface area contributed by atoms with Crippen LogP contribution in [0.15, 0.2) is 0 Å². The first-order chi connectivity index (χ1) is 10.2. The number of hydrogen-bond acceptors (Lipinski definition) is 0. The third-order valence-corrected chi connectivity index (χ3v) is 7.16. The van der Waals surface area contributed by atoms with Gasteiger partial charge >= 0.3 is 0 Å². The van der Waals surface area contributed by atoms with E-state index in [1.807, 2.05) is 0 Å². The normalized spacial score (nSPS) is 17.5. The molecule has 1 heteroatoms. The highest BCUT2D eigenvalue weighted by Gasteiger charge is 2.48. The maximum atomic E-state index is 2.55. The lowest BCUT2D eigenvalue weighted by Crippen LogP contribution is -2.48. The summed E-state index contributed by atoms with van der Waals surface area (Å²) >= 11 is 0. The second kappa shape index (κ2) is 8.69. The van der Waals surface area contributed by atoms with E-state index in [0.717, 1.165) is 32.3 Å². The molecular weight excluding hydrogens is 295 g/mol. The molecule has 0 rings (SSSR count). The smallest absolute Gasteiger partial charge is 0.0256 e. The topological polar surface area (TPSA) is 0 Å². The van der Waals surface area contributed by atoms with Crippen molar-refractivity contribution in [3.8, 4) is 0 Å². The van der Waals surface area contributed by atoms with Crippen LogP contribution in [0.2, 0.25) is 0 Å². The molecule has 0 saturated carbocycles. The van der Waals surface area contributed by atoms with Gasteiger partial charge in [-0.05, 0) is 65.6 Å². The summed E-state index contributed by atoms with van der Waals surface area (Å²) in [6.07, 6.45) is 4.03. The van der Waals surface area contributed by atoms with Crippen molar-refractivity contribution in [3.63, 3.8) is 0 Å². The second-order valence-corrected chi connectivity index (χ2v) is 12.0. The highest BCUT2D eigenvalue weighted by atomic mass is 31.1. The van der Waals surface area contributed by atoms with E-state index < -0.39 is 0 Å². The highest BCUT2D eigenvalue weighted by molar-refractivity contribution is 7.37. The number of rotatable bonds is 10. The summed E-state index contributed by atoms with van der Waals surface area (Å²) in [6.45, 7) is 29.6. The third kappa shape index (κ3) is 7.05. The Hall–Kier alpha value is 0.430. The Morgan fingerprint density at radius 1 is 0.696 bits per heavy atom. The van der Waals surface area contributed by atoms with Crippen LogP contribution in [0.4, 0.5) is 0 Å². The maximum absolute atomic E-state index is 2.55.